The lowest BCUT2D eigenvalue weighted by Gasteiger charge is -2.31. The molecule has 1 aliphatic heterocycles. The van der Waals surface area contributed by atoms with Gasteiger partial charge < -0.3 is 0 Å². The van der Waals surface area contributed by atoms with Gasteiger partial charge in [0, 0.05) is 19.3 Å². The Morgan fingerprint density at radius 3 is 2.35 bits per heavy atom. The molecule has 1 aromatic rings. The molecular formula is C10H16N4O2S. The van der Waals surface area contributed by atoms with E-state index in [9.17, 15) is 8.42 Å². The molecule has 94 valence electrons. The van der Waals surface area contributed by atoms with E-state index in [1.165, 1.54) is 0 Å². The van der Waals surface area contributed by atoms with E-state index >= 15 is 0 Å². The zero-order valence-electron chi connectivity index (χ0n) is 9.57. The fraction of sp³-hybridized carbons (Fsp3) is 0.800. The molecule has 0 atom stereocenters. The summed E-state index contributed by atoms with van der Waals surface area (Å²) in [6.07, 6.45) is 6.84. The van der Waals surface area contributed by atoms with Crippen LogP contribution in [0.25, 0.3) is 0 Å². The summed E-state index contributed by atoms with van der Waals surface area (Å²) in [5, 5.41) is 7.67. The lowest BCUT2D eigenvalue weighted by Crippen LogP contribution is -2.40. The van der Waals surface area contributed by atoms with E-state index in [2.05, 4.69) is 10.3 Å². The van der Waals surface area contributed by atoms with Crippen molar-refractivity contribution in [2.45, 2.75) is 37.0 Å². The number of sulfonamides is 1. The molecule has 0 aromatic carbocycles. The molecule has 2 heterocycles. The van der Waals surface area contributed by atoms with Crippen LogP contribution in [0.2, 0.25) is 0 Å². The summed E-state index contributed by atoms with van der Waals surface area (Å²) in [5.41, 5.74) is 0. The molecule has 2 fully saturated rings. The molecule has 1 aromatic heterocycles. The molecule has 0 amide bonds. The highest BCUT2D eigenvalue weighted by atomic mass is 32.2. The van der Waals surface area contributed by atoms with Gasteiger partial charge in [0.1, 0.15) is 0 Å². The van der Waals surface area contributed by atoms with Crippen LogP contribution in [0.3, 0.4) is 0 Å². The van der Waals surface area contributed by atoms with E-state index in [1.807, 2.05) is 10.9 Å². The Balaban J connectivity index is 1.64. The first-order valence-electron chi connectivity index (χ1n) is 6.02. The number of hydrogen-bond donors (Lipinski definition) is 0. The van der Waals surface area contributed by atoms with Crippen LogP contribution >= 0.6 is 0 Å². The lowest BCUT2D eigenvalue weighted by atomic mass is 10.1. The van der Waals surface area contributed by atoms with Gasteiger partial charge in [-0.25, -0.2) is 17.4 Å². The molecule has 6 nitrogen and oxygen atoms in total. The molecule has 17 heavy (non-hydrogen) atoms. The minimum atomic E-state index is -2.99. The molecule has 7 heteroatoms. The topological polar surface area (TPSA) is 68.1 Å². The second-order valence-electron chi connectivity index (χ2n) is 4.76. The van der Waals surface area contributed by atoms with E-state index in [-0.39, 0.29) is 5.25 Å². The summed E-state index contributed by atoms with van der Waals surface area (Å²) in [4.78, 5) is 0. The van der Waals surface area contributed by atoms with Gasteiger partial charge in [-0.1, -0.05) is 5.21 Å². The number of nitrogens with zero attached hydrogens (tertiary/aromatic N) is 4. The Morgan fingerprint density at radius 1 is 1.12 bits per heavy atom. The van der Waals surface area contributed by atoms with Crippen LogP contribution in [0, 0.1) is 0 Å². The normalized spacial score (nSPS) is 24.0. The minimum Gasteiger partial charge on any atom is -0.249 e. The average molecular weight is 256 g/mol. The van der Waals surface area contributed by atoms with Gasteiger partial charge in [-0.3, -0.25) is 0 Å². The maximum absolute atomic E-state index is 12.0. The summed E-state index contributed by atoms with van der Waals surface area (Å²) in [5.74, 6) is 0. The van der Waals surface area contributed by atoms with E-state index < -0.39 is 10.0 Å². The van der Waals surface area contributed by atoms with Crippen molar-refractivity contribution in [2.75, 3.05) is 13.1 Å². The zero-order valence-corrected chi connectivity index (χ0v) is 10.4. The summed E-state index contributed by atoms with van der Waals surface area (Å²) < 4.78 is 27.5. The molecule has 0 radical (unpaired) electrons. The standard InChI is InChI=1S/C10H16N4O2S/c15-17(16,10-1-2-10)13-6-3-9(4-7-13)14-8-5-11-12-14/h5,8-10H,1-4,6-7H2. The quantitative estimate of drug-likeness (QED) is 0.785. The molecular weight excluding hydrogens is 240 g/mol. The average Bonchev–Trinajstić information content (AvgIpc) is 3.07. The van der Waals surface area contributed by atoms with Gasteiger partial charge in [0.15, 0.2) is 0 Å². The molecule has 3 rings (SSSR count). The van der Waals surface area contributed by atoms with E-state index in [4.69, 9.17) is 0 Å². The first-order chi connectivity index (χ1) is 8.18. The van der Waals surface area contributed by atoms with Gasteiger partial charge in [-0.2, -0.15) is 0 Å². The Bertz CT molecular complexity index is 472. The minimum absolute atomic E-state index is 0.0922. The van der Waals surface area contributed by atoms with Crippen molar-refractivity contribution in [1.29, 1.82) is 0 Å². The Kier molecular flexibility index (Phi) is 2.67. The van der Waals surface area contributed by atoms with Gasteiger partial charge in [-0.15, -0.1) is 5.10 Å². The van der Waals surface area contributed by atoms with Gasteiger partial charge >= 0.3 is 0 Å². The molecule has 0 N–H and O–H groups in total. The first kappa shape index (κ1) is 11.2. The monoisotopic (exact) mass is 256 g/mol. The summed E-state index contributed by atoms with van der Waals surface area (Å²) in [6, 6.07) is 0.295. The SMILES string of the molecule is O=S(=O)(C1CC1)N1CCC(n2ccnn2)CC1. The number of piperidine rings is 1. The van der Waals surface area contributed by atoms with Crippen LogP contribution in [0.1, 0.15) is 31.7 Å². The lowest BCUT2D eigenvalue weighted by molar-refractivity contribution is 0.258. The smallest absolute Gasteiger partial charge is 0.216 e. The van der Waals surface area contributed by atoms with Crippen LogP contribution in [-0.2, 0) is 10.0 Å². The Morgan fingerprint density at radius 2 is 1.82 bits per heavy atom. The van der Waals surface area contributed by atoms with E-state index in [0.29, 0.717) is 19.1 Å². The fourth-order valence-corrected chi connectivity index (χ4v) is 4.22. The van der Waals surface area contributed by atoms with Gasteiger partial charge in [0.05, 0.1) is 17.5 Å². The molecule has 2 aliphatic rings. The number of hydrogen-bond acceptors (Lipinski definition) is 4. The van der Waals surface area contributed by atoms with Gasteiger partial charge in [0.2, 0.25) is 10.0 Å². The maximum atomic E-state index is 12.0. The van der Waals surface area contributed by atoms with Crippen LogP contribution in [0.4, 0.5) is 0 Å². The zero-order chi connectivity index (χ0) is 11.9. The Hall–Kier alpha value is -0.950. The van der Waals surface area contributed by atoms with Gasteiger partial charge in [-0.05, 0) is 25.7 Å². The van der Waals surface area contributed by atoms with Crippen LogP contribution in [-0.4, -0.2) is 46.1 Å². The van der Waals surface area contributed by atoms with Gasteiger partial charge in [0.25, 0.3) is 0 Å². The number of rotatable bonds is 3. The van der Waals surface area contributed by atoms with Crippen LogP contribution in [0.5, 0.6) is 0 Å². The van der Waals surface area contributed by atoms with E-state index in [0.717, 1.165) is 25.7 Å². The molecule has 1 saturated heterocycles. The number of aromatic nitrogens is 3. The van der Waals surface area contributed by atoms with Crippen LogP contribution < -0.4 is 0 Å². The largest absolute Gasteiger partial charge is 0.249 e. The molecule has 0 bridgehead atoms. The molecule has 0 unspecified atom stereocenters. The third-order valence-electron chi connectivity index (χ3n) is 3.54. The van der Waals surface area contributed by atoms with Crippen molar-refractivity contribution in [2.24, 2.45) is 0 Å². The van der Waals surface area contributed by atoms with Crippen molar-refractivity contribution in [3.63, 3.8) is 0 Å². The predicted octanol–water partition coefficient (Wildman–Crippen LogP) is 0.407. The van der Waals surface area contributed by atoms with E-state index in [1.54, 1.807) is 10.5 Å². The first-order valence-corrected chi connectivity index (χ1v) is 7.53. The highest BCUT2D eigenvalue weighted by molar-refractivity contribution is 7.90. The third-order valence-corrected chi connectivity index (χ3v) is 5.94. The Labute approximate surface area is 101 Å². The predicted molar refractivity (Wildman–Crippen MR) is 61.8 cm³/mol. The highest BCUT2D eigenvalue weighted by Crippen LogP contribution is 2.33. The van der Waals surface area contributed by atoms with Crippen molar-refractivity contribution < 1.29 is 8.42 Å². The summed E-state index contributed by atoms with van der Waals surface area (Å²) >= 11 is 0. The summed E-state index contributed by atoms with van der Waals surface area (Å²) in [7, 11) is -2.99. The van der Waals surface area contributed by atoms with Crippen molar-refractivity contribution in [1.82, 2.24) is 19.3 Å². The van der Waals surface area contributed by atoms with Crippen molar-refractivity contribution in [3.8, 4) is 0 Å². The maximum Gasteiger partial charge on any atom is 0.216 e. The molecule has 0 spiro atoms. The highest BCUT2D eigenvalue weighted by Gasteiger charge is 2.41. The molecule has 1 saturated carbocycles. The van der Waals surface area contributed by atoms with Crippen molar-refractivity contribution >= 4 is 10.0 Å². The summed E-state index contributed by atoms with van der Waals surface area (Å²) in [6.45, 7) is 1.23. The van der Waals surface area contributed by atoms with Crippen LogP contribution in [0.15, 0.2) is 12.4 Å². The second-order valence-corrected chi connectivity index (χ2v) is 6.97. The molecule has 1 aliphatic carbocycles. The fourth-order valence-electron chi connectivity index (χ4n) is 2.35. The second kappa shape index (κ2) is 4.06. The third kappa shape index (κ3) is 2.09. The van der Waals surface area contributed by atoms with Crippen molar-refractivity contribution in [3.05, 3.63) is 12.4 Å².